The van der Waals surface area contributed by atoms with Gasteiger partial charge in [-0.1, -0.05) is 0 Å². The van der Waals surface area contributed by atoms with Gasteiger partial charge in [-0.3, -0.25) is 0 Å². The van der Waals surface area contributed by atoms with Crippen LogP contribution in [-0.4, -0.2) is 25.7 Å². The van der Waals surface area contributed by atoms with Crippen molar-refractivity contribution in [2.24, 2.45) is 0 Å². The minimum absolute atomic E-state index is 0. The van der Waals surface area contributed by atoms with E-state index in [1.807, 2.05) is 32.4 Å². The Hall–Kier alpha value is 4.42. The van der Waals surface area contributed by atoms with Gasteiger partial charge >= 0.3 is 58.5 Å². The molecule has 0 aliphatic rings. The van der Waals surface area contributed by atoms with Crippen LogP contribution in [-0.2, 0) is 139 Å². The zero-order valence-corrected chi connectivity index (χ0v) is 19.8. The van der Waals surface area contributed by atoms with E-state index >= 15 is 0 Å². The Bertz CT molecular complexity index is 26.9. The molecule has 0 aliphatic carbocycles. The number of hydrogen-bond donors (Lipinski definition) is 1. The molecule has 0 aromatic carbocycles. The van der Waals surface area contributed by atoms with E-state index in [9.17, 15) is 0 Å². The van der Waals surface area contributed by atoms with Gasteiger partial charge in [-0.25, -0.2) is 0 Å². The molecule has 0 bridgehead atoms. The monoisotopic (exact) mass is 790 g/mol. The van der Waals surface area contributed by atoms with Crippen LogP contribution in [0.1, 0.15) is 0 Å². The first-order valence-electron chi connectivity index (χ1n) is 0.516. The molecule has 0 amide bonds. The Labute approximate surface area is 161 Å². The maximum absolute atomic E-state index is 8.62. The first kappa shape index (κ1) is 85.3. The molecule has 0 saturated heterocycles. The van der Waals surface area contributed by atoms with Crippen LogP contribution in [0.2, 0.25) is 0 Å². The molecule has 6 nitrogen and oxygen atoms in total. The molecular formula is H9Mo7O6. The summed E-state index contributed by atoms with van der Waals surface area (Å²) in [5, 5.41) is 0. The summed E-state index contributed by atoms with van der Waals surface area (Å²) in [6.07, 6.45) is 0. The molecule has 0 spiro atoms. The SMILES string of the molecule is O.O.O.O.[Mo].[Mo].[Mo].[Mo].[Mo]=[Mo].[O]=[Mo][OH]. The van der Waals surface area contributed by atoms with Gasteiger partial charge in [0.1, 0.15) is 0 Å². The molecule has 87 valence electrons. The first-order valence-corrected chi connectivity index (χ1v) is 7.90. The van der Waals surface area contributed by atoms with Gasteiger partial charge in [0.2, 0.25) is 0 Å². The van der Waals surface area contributed by atoms with Crippen LogP contribution in [0.25, 0.3) is 0 Å². The van der Waals surface area contributed by atoms with Gasteiger partial charge in [-0.05, 0) is 0 Å². The quantitative estimate of drug-likeness (QED) is 0.249. The van der Waals surface area contributed by atoms with Crippen molar-refractivity contribution < 1.29 is 165 Å². The van der Waals surface area contributed by atoms with Crippen molar-refractivity contribution in [3.05, 3.63) is 0 Å². The normalized spacial score (nSPS) is 1.31. The van der Waals surface area contributed by atoms with Crippen LogP contribution in [0.5, 0.6) is 0 Å². The summed E-state index contributed by atoms with van der Waals surface area (Å²) in [5.74, 6) is 0. The minimum atomic E-state index is -1.78. The third-order valence-corrected chi connectivity index (χ3v) is 0. The molecule has 0 radical (unpaired) electrons. The fourth-order valence-electron chi connectivity index (χ4n) is 0. The predicted octanol–water partition coefficient (Wildman–Crippen LogP) is -3.99. The fourth-order valence-corrected chi connectivity index (χ4v) is 0. The molecule has 0 fully saturated rings. The van der Waals surface area contributed by atoms with Crippen LogP contribution in [0, 0.1) is 0 Å². The molecule has 0 aliphatic heterocycles. The van der Waals surface area contributed by atoms with Crippen molar-refractivity contribution in [2.75, 3.05) is 0 Å². The van der Waals surface area contributed by atoms with E-state index in [1.54, 1.807) is 0 Å². The number of hydrogen-bond acceptors (Lipinski definition) is 1. The molecule has 0 atom stereocenters. The molecule has 0 aromatic heterocycles. The van der Waals surface area contributed by atoms with Gasteiger partial charge in [0.15, 0.2) is 0 Å². The summed E-state index contributed by atoms with van der Waals surface area (Å²) in [7, 11) is 0. The molecule has 0 heterocycles. The summed E-state index contributed by atoms with van der Waals surface area (Å²) in [6, 6.07) is 0. The molecular weight excluding hydrogens is 768 g/mol. The summed E-state index contributed by atoms with van der Waals surface area (Å²) in [6.45, 7) is 0. The number of rotatable bonds is 0. The standard InChI is InChI=1S/7Mo.5H2O.O/h;;;;;;;5*1H2;/q;;;;;;+1;;;;;;/p-1. The van der Waals surface area contributed by atoms with E-state index in [0.29, 0.717) is 0 Å². The van der Waals surface area contributed by atoms with Crippen LogP contribution in [0.3, 0.4) is 0 Å². The van der Waals surface area contributed by atoms with E-state index in [4.69, 9.17) is 7.16 Å². The topological polar surface area (TPSA) is 163 Å². The van der Waals surface area contributed by atoms with E-state index < -0.39 is 18.9 Å². The molecule has 0 saturated carbocycles. The third-order valence-electron chi connectivity index (χ3n) is 0. The van der Waals surface area contributed by atoms with Gasteiger partial charge in [0.25, 0.3) is 0 Å². The molecule has 0 rings (SSSR count). The second kappa shape index (κ2) is 133. The Morgan fingerprint density at radius 2 is 0.769 bits per heavy atom. The van der Waals surface area contributed by atoms with Crippen molar-refractivity contribution in [3.63, 3.8) is 0 Å². The summed E-state index contributed by atoms with van der Waals surface area (Å²) >= 11 is 2.14. The summed E-state index contributed by atoms with van der Waals surface area (Å²) in [4.78, 5) is 0. The molecule has 13 heteroatoms. The molecule has 0 unspecified atom stereocenters. The third kappa shape index (κ3) is 175. The van der Waals surface area contributed by atoms with Crippen molar-refractivity contribution in [3.8, 4) is 0 Å². The van der Waals surface area contributed by atoms with E-state index in [2.05, 4.69) is 0 Å². The van der Waals surface area contributed by atoms with Gasteiger partial charge in [-0.2, -0.15) is 0 Å². The van der Waals surface area contributed by atoms with Gasteiger partial charge in [0.05, 0.1) is 0 Å². The summed E-state index contributed by atoms with van der Waals surface area (Å²) < 4.78 is 15.8. The van der Waals surface area contributed by atoms with Crippen molar-refractivity contribution in [1.82, 2.24) is 0 Å². The Kier molecular flexibility index (Phi) is 873. The molecule has 9 N–H and O–H groups in total. The van der Waals surface area contributed by atoms with Crippen LogP contribution in [0.15, 0.2) is 0 Å². The Morgan fingerprint density at radius 3 is 0.769 bits per heavy atom. The van der Waals surface area contributed by atoms with Crippen LogP contribution < -0.4 is 0 Å². The Morgan fingerprint density at radius 1 is 0.769 bits per heavy atom. The van der Waals surface area contributed by atoms with Gasteiger partial charge in [0, 0.05) is 84.3 Å². The second-order valence-corrected chi connectivity index (χ2v) is 0.441. The van der Waals surface area contributed by atoms with Crippen LogP contribution >= 0.6 is 0 Å². The van der Waals surface area contributed by atoms with E-state index in [1.165, 1.54) is 0 Å². The maximum atomic E-state index is 8.62. The van der Waals surface area contributed by atoms with Crippen molar-refractivity contribution in [1.29, 1.82) is 0 Å². The zero-order chi connectivity index (χ0) is 4.71. The van der Waals surface area contributed by atoms with E-state index in [-0.39, 0.29) is 106 Å². The van der Waals surface area contributed by atoms with Crippen molar-refractivity contribution in [2.45, 2.75) is 0 Å². The second-order valence-electron chi connectivity index (χ2n) is 0.0745. The predicted molar refractivity (Wildman–Crippen MR) is 17.4 cm³/mol. The average Bonchev–Trinajstić information content (AvgIpc) is 1.46. The summed E-state index contributed by atoms with van der Waals surface area (Å²) in [5.41, 5.74) is 0. The molecule has 0 aromatic rings. The van der Waals surface area contributed by atoms with E-state index in [0.717, 1.165) is 0 Å². The zero-order valence-electron chi connectivity index (χ0n) is 5.71. The average molecular weight is 777 g/mol. The first-order chi connectivity index (χ1) is 2.41. The van der Waals surface area contributed by atoms with Crippen molar-refractivity contribution >= 4 is 0 Å². The van der Waals surface area contributed by atoms with Gasteiger partial charge < -0.3 is 21.9 Å². The van der Waals surface area contributed by atoms with Crippen LogP contribution in [0.4, 0.5) is 0 Å². The molecule has 13 heavy (non-hydrogen) atoms. The van der Waals surface area contributed by atoms with Gasteiger partial charge in [-0.15, -0.1) is 0 Å². The fraction of sp³-hybridized carbons (Fsp3) is 0. The Balaban J connectivity index is -0.00000000109.